The average Bonchev–Trinajstić information content (AvgIpc) is 2.50. The van der Waals surface area contributed by atoms with E-state index in [1.807, 2.05) is 6.92 Å². The van der Waals surface area contributed by atoms with Gasteiger partial charge in [0, 0.05) is 11.1 Å². The molecular formula is C17H13F2N3. The Labute approximate surface area is 126 Å². The molecule has 0 saturated carbocycles. The van der Waals surface area contributed by atoms with Crippen molar-refractivity contribution in [3.05, 3.63) is 71.4 Å². The molecule has 1 aromatic heterocycles. The van der Waals surface area contributed by atoms with Gasteiger partial charge in [0.15, 0.2) is 0 Å². The van der Waals surface area contributed by atoms with E-state index in [4.69, 9.17) is 0 Å². The number of pyridine rings is 1. The predicted octanol–water partition coefficient (Wildman–Crippen LogP) is 4.27. The maximum absolute atomic E-state index is 13.4. The Bertz CT molecular complexity index is 842. The Morgan fingerprint density at radius 1 is 1.00 bits per heavy atom. The summed E-state index contributed by atoms with van der Waals surface area (Å²) in [5.41, 5.74) is 5.81. The molecule has 5 heteroatoms. The number of halogens is 2. The molecule has 0 aliphatic carbocycles. The summed E-state index contributed by atoms with van der Waals surface area (Å²) in [6.45, 7) is 1.86. The van der Waals surface area contributed by atoms with E-state index in [-0.39, 0.29) is 11.6 Å². The van der Waals surface area contributed by atoms with Crippen molar-refractivity contribution in [2.24, 2.45) is 5.10 Å². The SMILES string of the molecule is Cc1cc(N/N=C/c2ccc(F)cc2)c2cc(F)ccc2n1. The second kappa shape index (κ2) is 5.89. The van der Waals surface area contributed by atoms with Crippen molar-refractivity contribution < 1.29 is 8.78 Å². The molecule has 0 radical (unpaired) electrons. The van der Waals surface area contributed by atoms with E-state index in [1.165, 1.54) is 24.3 Å². The topological polar surface area (TPSA) is 37.3 Å². The molecule has 0 fully saturated rings. The molecule has 0 unspecified atom stereocenters. The molecule has 0 spiro atoms. The van der Waals surface area contributed by atoms with Gasteiger partial charge in [-0.15, -0.1) is 0 Å². The van der Waals surface area contributed by atoms with Crippen LogP contribution in [0.25, 0.3) is 10.9 Å². The fourth-order valence-electron chi connectivity index (χ4n) is 2.15. The van der Waals surface area contributed by atoms with Crippen LogP contribution in [0.3, 0.4) is 0 Å². The van der Waals surface area contributed by atoms with E-state index >= 15 is 0 Å². The van der Waals surface area contributed by atoms with Crippen molar-refractivity contribution in [1.29, 1.82) is 0 Å². The van der Waals surface area contributed by atoms with E-state index in [0.717, 1.165) is 11.3 Å². The summed E-state index contributed by atoms with van der Waals surface area (Å²) in [4.78, 5) is 4.35. The number of aryl methyl sites for hydroxylation is 1. The third kappa shape index (κ3) is 3.09. The molecule has 22 heavy (non-hydrogen) atoms. The molecule has 0 amide bonds. The summed E-state index contributed by atoms with van der Waals surface area (Å²) in [6, 6.07) is 12.2. The van der Waals surface area contributed by atoms with Crippen molar-refractivity contribution in [3.8, 4) is 0 Å². The normalized spacial score (nSPS) is 11.2. The zero-order valence-corrected chi connectivity index (χ0v) is 11.8. The van der Waals surface area contributed by atoms with Gasteiger partial charge in [-0.3, -0.25) is 10.4 Å². The first kappa shape index (κ1) is 14.1. The molecule has 1 heterocycles. The molecule has 2 aromatic carbocycles. The van der Waals surface area contributed by atoms with E-state index < -0.39 is 0 Å². The number of rotatable bonds is 3. The van der Waals surface area contributed by atoms with Crippen molar-refractivity contribution in [3.63, 3.8) is 0 Å². The molecule has 0 aliphatic heterocycles. The van der Waals surface area contributed by atoms with Crippen molar-refractivity contribution in [2.75, 3.05) is 5.43 Å². The Balaban J connectivity index is 1.90. The van der Waals surface area contributed by atoms with Crippen LogP contribution < -0.4 is 5.43 Å². The Kier molecular flexibility index (Phi) is 3.78. The Hall–Kier alpha value is -2.82. The summed E-state index contributed by atoms with van der Waals surface area (Å²) in [5.74, 6) is -0.625. The minimum absolute atomic E-state index is 0.295. The van der Waals surface area contributed by atoms with Crippen LogP contribution in [0.1, 0.15) is 11.3 Å². The number of benzene rings is 2. The van der Waals surface area contributed by atoms with E-state index in [1.54, 1.807) is 30.5 Å². The van der Waals surface area contributed by atoms with Crippen LogP contribution >= 0.6 is 0 Å². The summed E-state index contributed by atoms with van der Waals surface area (Å²) < 4.78 is 26.2. The molecule has 3 aromatic rings. The molecule has 3 nitrogen and oxygen atoms in total. The smallest absolute Gasteiger partial charge is 0.124 e. The minimum atomic E-state index is -0.330. The van der Waals surface area contributed by atoms with Crippen LogP contribution in [0.5, 0.6) is 0 Å². The van der Waals surface area contributed by atoms with E-state index in [2.05, 4.69) is 15.5 Å². The maximum Gasteiger partial charge on any atom is 0.124 e. The maximum atomic E-state index is 13.4. The lowest BCUT2D eigenvalue weighted by Gasteiger charge is -2.07. The predicted molar refractivity (Wildman–Crippen MR) is 84.1 cm³/mol. The fraction of sp³-hybridized carbons (Fsp3) is 0.0588. The van der Waals surface area contributed by atoms with Crippen molar-refractivity contribution >= 4 is 22.8 Å². The highest BCUT2D eigenvalue weighted by Crippen LogP contribution is 2.24. The first-order valence-corrected chi connectivity index (χ1v) is 6.73. The van der Waals surface area contributed by atoms with Gasteiger partial charge in [-0.25, -0.2) is 8.78 Å². The zero-order valence-electron chi connectivity index (χ0n) is 11.8. The number of anilines is 1. The van der Waals surface area contributed by atoms with Gasteiger partial charge in [0.1, 0.15) is 11.6 Å². The highest BCUT2D eigenvalue weighted by atomic mass is 19.1. The van der Waals surface area contributed by atoms with Gasteiger partial charge in [0.2, 0.25) is 0 Å². The van der Waals surface area contributed by atoms with Gasteiger partial charge in [-0.05, 0) is 48.9 Å². The lowest BCUT2D eigenvalue weighted by molar-refractivity contribution is 0.627. The highest BCUT2D eigenvalue weighted by Gasteiger charge is 2.04. The van der Waals surface area contributed by atoms with Crippen LogP contribution in [0.4, 0.5) is 14.5 Å². The second-order valence-corrected chi connectivity index (χ2v) is 4.89. The molecule has 0 atom stereocenters. The highest BCUT2D eigenvalue weighted by molar-refractivity contribution is 5.92. The Morgan fingerprint density at radius 2 is 1.73 bits per heavy atom. The number of hydrogen-bond donors (Lipinski definition) is 1. The first-order valence-electron chi connectivity index (χ1n) is 6.73. The van der Waals surface area contributed by atoms with Crippen LogP contribution in [-0.2, 0) is 0 Å². The summed E-state index contributed by atoms with van der Waals surface area (Å²) in [6.07, 6.45) is 1.57. The molecule has 0 aliphatic rings. The molecule has 0 saturated heterocycles. The quantitative estimate of drug-likeness (QED) is 0.579. The van der Waals surface area contributed by atoms with Crippen LogP contribution in [0.2, 0.25) is 0 Å². The summed E-state index contributed by atoms with van der Waals surface area (Å²) in [7, 11) is 0. The summed E-state index contributed by atoms with van der Waals surface area (Å²) in [5, 5.41) is 4.77. The number of nitrogens with one attached hydrogen (secondary N) is 1. The standard InChI is InChI=1S/C17H13F2N3/c1-11-8-17(15-9-14(19)6-7-16(15)21-11)22-20-10-12-2-4-13(18)5-3-12/h2-10H,1H3,(H,21,22)/b20-10+. The third-order valence-corrected chi connectivity index (χ3v) is 3.17. The Morgan fingerprint density at radius 3 is 2.50 bits per heavy atom. The first-order chi connectivity index (χ1) is 10.6. The number of hydrogen-bond acceptors (Lipinski definition) is 3. The number of fused-ring (bicyclic) bond motifs is 1. The van der Waals surface area contributed by atoms with Gasteiger partial charge >= 0.3 is 0 Å². The molecule has 110 valence electrons. The van der Waals surface area contributed by atoms with Crippen LogP contribution in [0.15, 0.2) is 53.6 Å². The monoisotopic (exact) mass is 297 g/mol. The number of hydrazone groups is 1. The van der Waals surface area contributed by atoms with E-state index in [0.29, 0.717) is 16.6 Å². The van der Waals surface area contributed by atoms with Gasteiger partial charge < -0.3 is 0 Å². The average molecular weight is 297 g/mol. The minimum Gasteiger partial charge on any atom is -0.278 e. The van der Waals surface area contributed by atoms with Crippen molar-refractivity contribution in [1.82, 2.24) is 4.98 Å². The zero-order chi connectivity index (χ0) is 15.5. The van der Waals surface area contributed by atoms with Gasteiger partial charge in [0.05, 0.1) is 17.4 Å². The van der Waals surface area contributed by atoms with Crippen LogP contribution in [0, 0.1) is 18.6 Å². The van der Waals surface area contributed by atoms with Gasteiger partial charge in [0.25, 0.3) is 0 Å². The summed E-state index contributed by atoms with van der Waals surface area (Å²) >= 11 is 0. The molecule has 3 rings (SSSR count). The lowest BCUT2D eigenvalue weighted by Crippen LogP contribution is -1.95. The van der Waals surface area contributed by atoms with E-state index in [9.17, 15) is 8.78 Å². The largest absolute Gasteiger partial charge is 0.278 e. The molecule has 0 bridgehead atoms. The molecular weight excluding hydrogens is 284 g/mol. The van der Waals surface area contributed by atoms with Gasteiger partial charge in [-0.1, -0.05) is 12.1 Å². The third-order valence-electron chi connectivity index (χ3n) is 3.17. The molecule has 1 N–H and O–H groups in total. The van der Waals surface area contributed by atoms with Crippen molar-refractivity contribution in [2.45, 2.75) is 6.92 Å². The van der Waals surface area contributed by atoms with Crippen LogP contribution in [-0.4, -0.2) is 11.2 Å². The number of nitrogens with zero attached hydrogens (tertiary/aromatic N) is 2. The number of aromatic nitrogens is 1. The lowest BCUT2D eigenvalue weighted by atomic mass is 10.1. The fourth-order valence-corrected chi connectivity index (χ4v) is 2.15. The van der Waals surface area contributed by atoms with Gasteiger partial charge in [-0.2, -0.15) is 5.10 Å². The second-order valence-electron chi connectivity index (χ2n) is 4.89.